The Hall–Kier alpha value is -1.88. The first-order valence-corrected chi connectivity index (χ1v) is 10.1. The largest absolute Gasteiger partial charge is 0.338 e. The standard InChI is InChI=1S/C22H27ClN4/c1-15-13-18(16-7-10-27(11-8-16)12-9-24-2)14-20-21(15)26-22(25-20)17-3-5-19(23)6-4-17/h3-6,13-14,16,24H,7-12H2,1-2H3,(H,25,26). The summed E-state index contributed by atoms with van der Waals surface area (Å²) < 4.78 is 0. The lowest BCUT2D eigenvalue weighted by Gasteiger charge is -2.32. The molecule has 0 unspecified atom stereocenters. The predicted molar refractivity (Wildman–Crippen MR) is 114 cm³/mol. The van der Waals surface area contributed by atoms with Gasteiger partial charge in [0.15, 0.2) is 0 Å². The molecule has 0 spiro atoms. The molecule has 4 rings (SSSR count). The average Bonchev–Trinajstić information content (AvgIpc) is 3.12. The molecule has 1 fully saturated rings. The summed E-state index contributed by atoms with van der Waals surface area (Å²) in [6.45, 7) is 6.74. The number of halogens is 1. The van der Waals surface area contributed by atoms with Crippen LogP contribution in [0.15, 0.2) is 36.4 Å². The van der Waals surface area contributed by atoms with Crippen molar-refractivity contribution >= 4 is 22.6 Å². The van der Waals surface area contributed by atoms with Crippen molar-refractivity contribution < 1.29 is 0 Å². The number of rotatable bonds is 5. The minimum Gasteiger partial charge on any atom is -0.338 e. The third kappa shape index (κ3) is 4.03. The highest BCUT2D eigenvalue weighted by Crippen LogP contribution is 2.32. The fraction of sp³-hybridized carbons (Fsp3) is 0.409. The second-order valence-electron chi connectivity index (χ2n) is 7.55. The van der Waals surface area contributed by atoms with Gasteiger partial charge in [-0.25, -0.2) is 4.98 Å². The number of aryl methyl sites for hydroxylation is 1. The summed E-state index contributed by atoms with van der Waals surface area (Å²) in [4.78, 5) is 10.9. The monoisotopic (exact) mass is 382 g/mol. The van der Waals surface area contributed by atoms with E-state index in [2.05, 4.69) is 34.3 Å². The zero-order valence-electron chi connectivity index (χ0n) is 16.1. The first-order valence-electron chi connectivity index (χ1n) is 9.77. The Morgan fingerprint density at radius 1 is 1.19 bits per heavy atom. The van der Waals surface area contributed by atoms with Crippen molar-refractivity contribution in [3.63, 3.8) is 0 Å². The summed E-state index contributed by atoms with van der Waals surface area (Å²) in [6, 6.07) is 12.5. The topological polar surface area (TPSA) is 44.0 Å². The van der Waals surface area contributed by atoms with Gasteiger partial charge in [-0.2, -0.15) is 0 Å². The maximum Gasteiger partial charge on any atom is 0.138 e. The van der Waals surface area contributed by atoms with E-state index in [4.69, 9.17) is 16.6 Å². The molecule has 1 saturated heterocycles. The number of benzene rings is 2. The molecule has 5 heteroatoms. The number of H-pyrrole nitrogens is 1. The van der Waals surface area contributed by atoms with E-state index in [9.17, 15) is 0 Å². The van der Waals surface area contributed by atoms with Crippen LogP contribution in [0.25, 0.3) is 22.4 Å². The summed E-state index contributed by atoms with van der Waals surface area (Å²) in [5, 5.41) is 3.99. The predicted octanol–water partition coefficient (Wildman–Crippen LogP) is 4.59. The second-order valence-corrected chi connectivity index (χ2v) is 7.98. The fourth-order valence-electron chi connectivity index (χ4n) is 4.06. The van der Waals surface area contributed by atoms with Crippen LogP contribution in [0.3, 0.4) is 0 Å². The van der Waals surface area contributed by atoms with E-state index < -0.39 is 0 Å². The second kappa shape index (κ2) is 8.01. The molecule has 0 atom stereocenters. The number of likely N-dealkylation sites (tertiary alicyclic amines) is 1. The zero-order chi connectivity index (χ0) is 18.8. The average molecular weight is 383 g/mol. The highest BCUT2D eigenvalue weighted by Gasteiger charge is 2.21. The number of aromatic amines is 1. The van der Waals surface area contributed by atoms with E-state index in [0.717, 1.165) is 40.5 Å². The van der Waals surface area contributed by atoms with E-state index in [-0.39, 0.29) is 0 Å². The van der Waals surface area contributed by atoms with Crippen molar-refractivity contribution in [2.45, 2.75) is 25.7 Å². The van der Waals surface area contributed by atoms with Gasteiger partial charge >= 0.3 is 0 Å². The maximum absolute atomic E-state index is 6.01. The quantitative estimate of drug-likeness (QED) is 0.678. The van der Waals surface area contributed by atoms with E-state index in [1.165, 1.54) is 37.1 Å². The third-order valence-corrected chi connectivity index (χ3v) is 5.91. The maximum atomic E-state index is 6.01. The third-order valence-electron chi connectivity index (χ3n) is 5.65. The van der Waals surface area contributed by atoms with Crippen molar-refractivity contribution in [1.29, 1.82) is 0 Å². The summed E-state index contributed by atoms with van der Waals surface area (Å²) in [5.74, 6) is 1.55. The Morgan fingerprint density at radius 3 is 2.63 bits per heavy atom. The van der Waals surface area contributed by atoms with Crippen LogP contribution in [0.5, 0.6) is 0 Å². The summed E-state index contributed by atoms with van der Waals surface area (Å²) in [5.41, 5.74) is 5.95. The normalized spacial score (nSPS) is 16.3. The molecule has 0 radical (unpaired) electrons. The van der Waals surface area contributed by atoms with Crippen molar-refractivity contribution in [1.82, 2.24) is 20.2 Å². The van der Waals surface area contributed by atoms with Crippen molar-refractivity contribution in [3.05, 3.63) is 52.5 Å². The molecule has 0 aliphatic carbocycles. The summed E-state index contributed by atoms with van der Waals surface area (Å²) in [6.07, 6.45) is 2.46. The summed E-state index contributed by atoms with van der Waals surface area (Å²) >= 11 is 6.01. The van der Waals surface area contributed by atoms with Crippen LogP contribution >= 0.6 is 11.6 Å². The van der Waals surface area contributed by atoms with Gasteiger partial charge in [-0.05, 0) is 87.3 Å². The Kier molecular flexibility index (Phi) is 5.48. The molecule has 2 heterocycles. The van der Waals surface area contributed by atoms with Gasteiger partial charge in [-0.15, -0.1) is 0 Å². The number of nitrogens with zero attached hydrogens (tertiary/aromatic N) is 2. The summed E-state index contributed by atoms with van der Waals surface area (Å²) in [7, 11) is 2.02. The molecule has 1 aliphatic heterocycles. The minimum absolute atomic E-state index is 0.640. The highest BCUT2D eigenvalue weighted by molar-refractivity contribution is 6.30. The molecular weight excluding hydrogens is 356 g/mol. The molecule has 1 aromatic heterocycles. The van der Waals surface area contributed by atoms with Crippen LogP contribution in [0, 0.1) is 6.92 Å². The van der Waals surface area contributed by atoms with E-state index in [1.807, 2.05) is 31.3 Å². The Morgan fingerprint density at radius 2 is 1.93 bits per heavy atom. The van der Waals surface area contributed by atoms with E-state index >= 15 is 0 Å². The van der Waals surface area contributed by atoms with Crippen molar-refractivity contribution in [3.8, 4) is 11.4 Å². The van der Waals surface area contributed by atoms with Gasteiger partial charge in [-0.3, -0.25) is 0 Å². The Balaban J connectivity index is 1.56. The smallest absolute Gasteiger partial charge is 0.138 e. The first kappa shape index (κ1) is 18.5. The number of imidazole rings is 1. The van der Waals surface area contributed by atoms with Crippen molar-refractivity contribution in [2.24, 2.45) is 0 Å². The highest BCUT2D eigenvalue weighted by atomic mass is 35.5. The SMILES string of the molecule is CNCCN1CCC(c2cc(C)c3nc(-c4ccc(Cl)cc4)[nH]c3c2)CC1. The van der Waals surface area contributed by atoms with Crippen LogP contribution in [-0.4, -0.2) is 48.1 Å². The van der Waals surface area contributed by atoms with Gasteiger partial charge in [0, 0.05) is 23.7 Å². The fourth-order valence-corrected chi connectivity index (χ4v) is 4.18. The molecule has 0 amide bonds. The van der Waals surface area contributed by atoms with Gasteiger partial charge in [0.25, 0.3) is 0 Å². The lowest BCUT2D eigenvalue weighted by Crippen LogP contribution is -2.37. The van der Waals surface area contributed by atoms with Gasteiger partial charge in [0.05, 0.1) is 11.0 Å². The first-order chi connectivity index (χ1) is 13.1. The molecule has 0 bridgehead atoms. The van der Waals surface area contributed by atoms with E-state index in [1.54, 1.807) is 0 Å². The number of nitrogens with one attached hydrogen (secondary N) is 2. The molecule has 1 aliphatic rings. The molecule has 2 N–H and O–H groups in total. The lowest BCUT2D eigenvalue weighted by molar-refractivity contribution is 0.214. The number of hydrogen-bond acceptors (Lipinski definition) is 3. The molecular formula is C22H27ClN4. The number of hydrogen-bond donors (Lipinski definition) is 2. The van der Waals surface area contributed by atoms with Gasteiger partial charge < -0.3 is 15.2 Å². The molecule has 3 aromatic rings. The van der Waals surface area contributed by atoms with Gasteiger partial charge in [-0.1, -0.05) is 17.7 Å². The molecule has 142 valence electrons. The number of fused-ring (bicyclic) bond motifs is 1. The Bertz CT molecular complexity index is 908. The van der Waals surface area contributed by atoms with Crippen molar-refractivity contribution in [2.75, 3.05) is 33.2 Å². The number of aromatic nitrogens is 2. The lowest BCUT2D eigenvalue weighted by atomic mass is 9.88. The van der Waals surface area contributed by atoms with Crippen LogP contribution in [-0.2, 0) is 0 Å². The molecule has 27 heavy (non-hydrogen) atoms. The van der Waals surface area contributed by atoms with Crippen LogP contribution in [0.1, 0.15) is 29.9 Å². The van der Waals surface area contributed by atoms with Gasteiger partial charge in [0.2, 0.25) is 0 Å². The zero-order valence-corrected chi connectivity index (χ0v) is 16.8. The number of likely N-dealkylation sites (N-methyl/N-ethyl adjacent to an activating group) is 1. The minimum atomic E-state index is 0.640. The molecule has 4 nitrogen and oxygen atoms in total. The van der Waals surface area contributed by atoms with Crippen LogP contribution in [0.2, 0.25) is 5.02 Å². The van der Waals surface area contributed by atoms with Crippen LogP contribution in [0.4, 0.5) is 0 Å². The van der Waals surface area contributed by atoms with Gasteiger partial charge in [0.1, 0.15) is 5.82 Å². The molecule has 2 aromatic carbocycles. The van der Waals surface area contributed by atoms with Crippen LogP contribution < -0.4 is 5.32 Å². The Labute approximate surface area is 165 Å². The number of piperidine rings is 1. The van der Waals surface area contributed by atoms with E-state index in [0.29, 0.717) is 5.92 Å². The molecule has 0 saturated carbocycles.